The van der Waals surface area contributed by atoms with Crippen LogP contribution in [0.25, 0.3) is 0 Å². The molecule has 4 heteroatoms. The first-order chi connectivity index (χ1) is 6.13. The van der Waals surface area contributed by atoms with E-state index in [0.717, 1.165) is 6.07 Å². The quantitative estimate of drug-likeness (QED) is 0.712. The van der Waals surface area contributed by atoms with Crippen molar-refractivity contribution >= 4 is 0 Å². The molecule has 0 bridgehead atoms. The number of halogens is 2. The first-order valence-electron chi connectivity index (χ1n) is 3.95. The third-order valence-electron chi connectivity index (χ3n) is 2.21. The van der Waals surface area contributed by atoms with Gasteiger partial charge in [-0.25, -0.2) is 8.78 Å². The van der Waals surface area contributed by atoms with Gasteiger partial charge < -0.3 is 10.5 Å². The van der Waals surface area contributed by atoms with E-state index in [9.17, 15) is 8.78 Å². The van der Waals surface area contributed by atoms with Gasteiger partial charge in [-0.05, 0) is 6.07 Å². The number of nitrogens with two attached hydrogens (primary N) is 1. The summed E-state index contributed by atoms with van der Waals surface area (Å²) in [6.07, 6.45) is 0. The SMILES string of the molecule is NC1(c2cccc(F)c2F)COC1. The number of benzene rings is 1. The van der Waals surface area contributed by atoms with Gasteiger partial charge in [-0.1, -0.05) is 12.1 Å². The van der Waals surface area contributed by atoms with Crippen LogP contribution in [0, 0.1) is 11.6 Å². The molecule has 1 aliphatic rings. The largest absolute Gasteiger partial charge is 0.377 e. The molecule has 0 radical (unpaired) electrons. The molecule has 1 aliphatic heterocycles. The summed E-state index contributed by atoms with van der Waals surface area (Å²) >= 11 is 0. The molecule has 1 saturated heterocycles. The summed E-state index contributed by atoms with van der Waals surface area (Å²) in [5.74, 6) is -1.73. The average molecular weight is 185 g/mol. The Morgan fingerprint density at radius 3 is 2.54 bits per heavy atom. The number of ether oxygens (including phenoxy) is 1. The molecule has 1 aromatic rings. The van der Waals surface area contributed by atoms with Crippen LogP contribution in [0.2, 0.25) is 0 Å². The zero-order valence-electron chi connectivity index (χ0n) is 6.89. The molecule has 70 valence electrons. The summed E-state index contributed by atoms with van der Waals surface area (Å²) in [7, 11) is 0. The van der Waals surface area contributed by atoms with E-state index in [1.54, 1.807) is 0 Å². The van der Waals surface area contributed by atoms with E-state index in [2.05, 4.69) is 0 Å². The van der Waals surface area contributed by atoms with Gasteiger partial charge in [0.15, 0.2) is 11.6 Å². The van der Waals surface area contributed by atoms with Crippen LogP contribution in [0.5, 0.6) is 0 Å². The lowest BCUT2D eigenvalue weighted by molar-refractivity contribution is -0.0587. The van der Waals surface area contributed by atoms with Crippen molar-refractivity contribution in [2.45, 2.75) is 5.54 Å². The number of hydrogen-bond acceptors (Lipinski definition) is 2. The molecular weight excluding hydrogens is 176 g/mol. The lowest BCUT2D eigenvalue weighted by atomic mass is 9.89. The molecule has 1 heterocycles. The standard InChI is InChI=1S/C9H9F2NO/c10-7-3-1-2-6(8(7)11)9(12)4-13-5-9/h1-3H,4-5,12H2. The van der Waals surface area contributed by atoms with Crippen LogP contribution in [0.3, 0.4) is 0 Å². The van der Waals surface area contributed by atoms with E-state index in [1.807, 2.05) is 0 Å². The van der Waals surface area contributed by atoms with Gasteiger partial charge in [-0.3, -0.25) is 0 Å². The minimum Gasteiger partial charge on any atom is -0.377 e. The molecule has 0 spiro atoms. The minimum absolute atomic E-state index is 0.193. The van der Waals surface area contributed by atoms with Crippen molar-refractivity contribution in [3.8, 4) is 0 Å². The molecule has 0 aromatic heterocycles. The van der Waals surface area contributed by atoms with Gasteiger partial charge in [0.1, 0.15) is 0 Å². The van der Waals surface area contributed by atoms with Gasteiger partial charge in [0.05, 0.1) is 18.8 Å². The Morgan fingerprint density at radius 2 is 2.00 bits per heavy atom. The van der Waals surface area contributed by atoms with Crippen molar-refractivity contribution in [1.82, 2.24) is 0 Å². The van der Waals surface area contributed by atoms with E-state index in [0.29, 0.717) is 0 Å². The van der Waals surface area contributed by atoms with Gasteiger partial charge in [0.2, 0.25) is 0 Å². The number of hydrogen-bond donors (Lipinski definition) is 1. The van der Waals surface area contributed by atoms with Crippen LogP contribution >= 0.6 is 0 Å². The lowest BCUT2D eigenvalue weighted by Gasteiger charge is -2.38. The molecular formula is C9H9F2NO. The zero-order chi connectivity index (χ0) is 9.47. The molecule has 0 aliphatic carbocycles. The van der Waals surface area contributed by atoms with E-state index >= 15 is 0 Å². The Hall–Kier alpha value is -1.00. The van der Waals surface area contributed by atoms with Crippen LogP contribution in [0.1, 0.15) is 5.56 Å². The molecule has 2 nitrogen and oxygen atoms in total. The second-order valence-corrected chi connectivity index (χ2v) is 3.25. The van der Waals surface area contributed by atoms with Crippen LogP contribution in [-0.4, -0.2) is 13.2 Å². The fourth-order valence-electron chi connectivity index (χ4n) is 1.37. The maximum absolute atomic E-state index is 13.2. The molecule has 0 saturated carbocycles. The molecule has 1 aromatic carbocycles. The predicted molar refractivity (Wildman–Crippen MR) is 43.0 cm³/mol. The first-order valence-corrected chi connectivity index (χ1v) is 3.95. The Bertz CT molecular complexity index is 336. The Labute approximate surface area is 74.3 Å². The van der Waals surface area contributed by atoms with Gasteiger partial charge in [0.25, 0.3) is 0 Å². The summed E-state index contributed by atoms with van der Waals surface area (Å²) < 4.78 is 30.9. The van der Waals surface area contributed by atoms with Gasteiger partial charge in [-0.2, -0.15) is 0 Å². The molecule has 0 amide bonds. The van der Waals surface area contributed by atoms with Crippen LogP contribution in [0.15, 0.2) is 18.2 Å². The minimum atomic E-state index is -0.867. The summed E-state index contributed by atoms with van der Waals surface area (Å²) in [6.45, 7) is 0.487. The maximum atomic E-state index is 13.2. The Morgan fingerprint density at radius 1 is 1.31 bits per heavy atom. The summed E-state index contributed by atoms with van der Waals surface area (Å²) in [6, 6.07) is 4.00. The van der Waals surface area contributed by atoms with Gasteiger partial charge >= 0.3 is 0 Å². The smallest absolute Gasteiger partial charge is 0.164 e. The van der Waals surface area contributed by atoms with Crippen molar-refractivity contribution < 1.29 is 13.5 Å². The fraction of sp³-hybridized carbons (Fsp3) is 0.333. The maximum Gasteiger partial charge on any atom is 0.164 e. The van der Waals surface area contributed by atoms with E-state index < -0.39 is 17.2 Å². The van der Waals surface area contributed by atoms with Crippen molar-refractivity contribution in [2.75, 3.05) is 13.2 Å². The Kier molecular flexibility index (Phi) is 1.82. The van der Waals surface area contributed by atoms with Crippen LogP contribution in [-0.2, 0) is 10.3 Å². The van der Waals surface area contributed by atoms with Crippen molar-refractivity contribution in [1.29, 1.82) is 0 Å². The van der Waals surface area contributed by atoms with Gasteiger partial charge in [-0.15, -0.1) is 0 Å². The van der Waals surface area contributed by atoms with Crippen LogP contribution in [0.4, 0.5) is 8.78 Å². The third-order valence-corrected chi connectivity index (χ3v) is 2.21. The fourth-order valence-corrected chi connectivity index (χ4v) is 1.37. The van der Waals surface area contributed by atoms with E-state index in [4.69, 9.17) is 10.5 Å². The van der Waals surface area contributed by atoms with Crippen molar-refractivity contribution in [3.05, 3.63) is 35.4 Å². The Balaban J connectivity index is 2.45. The molecule has 2 N–H and O–H groups in total. The molecule has 1 fully saturated rings. The highest BCUT2D eigenvalue weighted by Crippen LogP contribution is 2.29. The van der Waals surface area contributed by atoms with Gasteiger partial charge in [0, 0.05) is 5.56 Å². The third kappa shape index (κ3) is 1.22. The monoisotopic (exact) mass is 185 g/mol. The summed E-state index contributed by atoms with van der Waals surface area (Å²) in [5, 5.41) is 0. The summed E-state index contributed by atoms with van der Waals surface area (Å²) in [5.41, 5.74) is 5.11. The molecule has 13 heavy (non-hydrogen) atoms. The zero-order valence-corrected chi connectivity index (χ0v) is 6.89. The van der Waals surface area contributed by atoms with Crippen molar-refractivity contribution in [2.24, 2.45) is 5.73 Å². The normalized spacial score (nSPS) is 19.6. The van der Waals surface area contributed by atoms with Crippen molar-refractivity contribution in [3.63, 3.8) is 0 Å². The van der Waals surface area contributed by atoms with Crippen LogP contribution < -0.4 is 5.73 Å². The summed E-state index contributed by atoms with van der Waals surface area (Å²) in [4.78, 5) is 0. The van der Waals surface area contributed by atoms with E-state index in [-0.39, 0.29) is 18.8 Å². The lowest BCUT2D eigenvalue weighted by Crippen LogP contribution is -2.54. The second-order valence-electron chi connectivity index (χ2n) is 3.25. The highest BCUT2D eigenvalue weighted by molar-refractivity contribution is 5.28. The molecule has 2 rings (SSSR count). The number of rotatable bonds is 1. The molecule has 0 atom stereocenters. The topological polar surface area (TPSA) is 35.2 Å². The highest BCUT2D eigenvalue weighted by atomic mass is 19.2. The first kappa shape index (κ1) is 8.59. The highest BCUT2D eigenvalue weighted by Gasteiger charge is 2.38. The predicted octanol–water partition coefficient (Wildman–Crippen LogP) is 1.15. The van der Waals surface area contributed by atoms with E-state index in [1.165, 1.54) is 12.1 Å². The molecule has 0 unspecified atom stereocenters. The average Bonchev–Trinajstić information content (AvgIpc) is 2.06. The second kappa shape index (κ2) is 2.75.